The summed E-state index contributed by atoms with van der Waals surface area (Å²) in [7, 11) is 1.68. The normalized spacial score (nSPS) is 11.1. The van der Waals surface area contributed by atoms with Gasteiger partial charge in [0.15, 0.2) is 6.29 Å². The second-order valence-electron chi connectivity index (χ2n) is 27.9. The summed E-state index contributed by atoms with van der Waals surface area (Å²) in [6, 6.07) is 37.6. The monoisotopic (exact) mass is 2390 g/mol. The van der Waals surface area contributed by atoms with E-state index in [2.05, 4.69) is 241 Å². The van der Waals surface area contributed by atoms with Crippen LogP contribution in [0.1, 0.15) is 130 Å². The molecule has 21 nitrogen and oxygen atoms in total. The van der Waals surface area contributed by atoms with Crippen LogP contribution in [-0.2, 0) is 54.4 Å². The van der Waals surface area contributed by atoms with Crippen molar-refractivity contribution in [3.8, 4) is 0 Å². The van der Waals surface area contributed by atoms with E-state index in [9.17, 15) is 64.3 Å². The van der Waals surface area contributed by atoms with Gasteiger partial charge in [-0.05, 0) is 239 Å². The Bertz CT molecular complexity index is 4820. The maximum Gasteiger partial charge on any atom is 0.338 e. The molecule has 0 aromatic heterocycles. The van der Waals surface area contributed by atoms with Crippen LogP contribution in [0.15, 0.2) is 167 Å². The van der Waals surface area contributed by atoms with E-state index in [1.807, 2.05) is 13.0 Å². The molecule has 42 heteroatoms. The van der Waals surface area contributed by atoms with E-state index in [-0.39, 0.29) is 94.2 Å². The Labute approximate surface area is 814 Å². The molecule has 0 unspecified atom stereocenters. The number of hydrogen-bond acceptors (Lipinski definition) is 17. The smallest absolute Gasteiger partial charge is 0.338 e. The van der Waals surface area contributed by atoms with Gasteiger partial charge in [0.25, 0.3) is 8.34 Å². The topological polar surface area (TPSA) is 305 Å². The summed E-state index contributed by atoms with van der Waals surface area (Å²) in [5, 5.41) is 30.8. The molecule has 8 rings (SSSR count). The number of aldehydes is 1. The van der Waals surface area contributed by atoms with Crippen molar-refractivity contribution >= 4 is 222 Å². The predicted octanol–water partition coefficient (Wildman–Crippen LogP) is 24.5. The average Bonchev–Trinajstić information content (AvgIpc) is 0.767. The largest absolute Gasteiger partial charge is 0.478 e. The zero-order valence-electron chi connectivity index (χ0n) is 70.2. The fraction of sp³-hybridized carbons (Fsp3) is 0.317. The Morgan fingerprint density at radius 1 is 0.540 bits per heavy atom. The molecule has 124 heavy (non-hydrogen) atoms. The van der Waals surface area contributed by atoms with Gasteiger partial charge in [-0.3, -0.25) is 19.1 Å². The first-order valence-electron chi connectivity index (χ1n) is 36.0. The van der Waals surface area contributed by atoms with Crippen LogP contribution >= 0.6 is 158 Å². The number of nitrogens with two attached hydrogens (primary N) is 1. The number of halogens is 18. The fourth-order valence-corrected chi connectivity index (χ4v) is 15.7. The number of methoxy groups -OCH3 is 4. The van der Waals surface area contributed by atoms with E-state index in [4.69, 9.17) is 83.8 Å². The van der Waals surface area contributed by atoms with E-state index in [0.717, 1.165) is 44.5 Å². The van der Waals surface area contributed by atoms with Gasteiger partial charge in [0, 0.05) is 71.9 Å². The summed E-state index contributed by atoms with van der Waals surface area (Å²) < 4.78 is 111. The van der Waals surface area contributed by atoms with Crippen molar-refractivity contribution in [3.63, 3.8) is 0 Å². The summed E-state index contributed by atoms with van der Waals surface area (Å²) >= 11 is 40.7. The van der Waals surface area contributed by atoms with Gasteiger partial charge < -0.3 is 45.0 Å². The molecule has 687 valence electrons. The van der Waals surface area contributed by atoms with Gasteiger partial charge in [0.2, 0.25) is 0 Å². The molecule has 8 aromatic carbocycles. The van der Waals surface area contributed by atoms with E-state index in [1.165, 1.54) is 112 Å². The van der Waals surface area contributed by atoms with Crippen LogP contribution in [-0.4, -0.2) is 171 Å². The average molecular weight is 2400 g/mol. The molecule has 0 saturated carbocycles. The maximum absolute atomic E-state index is 14.0. The first-order chi connectivity index (χ1) is 57.3. The number of carboxylic acid groups (broad SMARTS) is 2. The van der Waals surface area contributed by atoms with Crippen LogP contribution in [0.4, 0.5) is 30.7 Å². The molecule has 5 N–H and O–H groups in total. The number of aliphatic imine (C=N–C) groups is 1. The first-order valence-corrected chi connectivity index (χ1v) is 50.0. The van der Waals surface area contributed by atoms with Gasteiger partial charge in [-0.1, -0.05) is 178 Å². The predicted molar refractivity (Wildman–Crippen MR) is 499 cm³/mol. The minimum absolute atomic E-state index is 0. The SMILES string of the molecule is COC(=O)c1cc(Br)c(F)cc1C.COC(=O)c1cc(Br)c(F)cc1C(Br)Br.COC(=O)c1cc(Br)c(F)cc1C=N[C@H](C)CN(Cc1ccccc1)C[Si](C)(C)C.COC(=O)c1cc(Br)c(F)cc1C=O.C[C@@H](N)CN(Cc1ccccc1)C[Si](C)(C)C.Cc1cc(F)c(Br)cc1C(=O)O.Cc1cc(F)ccc1C(=O)O.ClC(Cl)(Cl)Cl.O=[N+]([O-])O.[2H]CF.[Ag]. The minimum atomic E-state index is -1.61. The van der Waals surface area contributed by atoms with Crippen LogP contribution < -0.4 is 5.73 Å². The molecule has 2 atom stereocenters. The van der Waals surface area contributed by atoms with Crippen LogP contribution in [0.5, 0.6) is 0 Å². The zero-order chi connectivity index (χ0) is 96.0. The second-order valence-corrected chi connectivity index (χ2v) is 49.5. The van der Waals surface area contributed by atoms with E-state index < -0.39 is 96.5 Å². The third-order valence-corrected chi connectivity index (χ3v) is 21.7. The summed E-state index contributed by atoms with van der Waals surface area (Å²) in [5.41, 5.74) is 12.1. The van der Waals surface area contributed by atoms with Crippen molar-refractivity contribution in [1.29, 1.82) is 0 Å². The molecular weight excluding hydrogens is 2310 g/mol. The Balaban J connectivity index is -0.00000139. The van der Waals surface area contributed by atoms with Crippen molar-refractivity contribution in [1.82, 2.24) is 9.80 Å². The van der Waals surface area contributed by atoms with Crippen LogP contribution in [0.3, 0.4) is 0 Å². The van der Waals surface area contributed by atoms with Gasteiger partial charge in [0.05, 0.1) is 119 Å². The zero-order valence-corrected chi connectivity index (χ0v) is 86.8. The van der Waals surface area contributed by atoms with Crippen LogP contribution in [0, 0.1) is 65.8 Å². The molecule has 0 aliphatic heterocycles. The number of alkyl halides is 7. The number of aryl methyl sites for hydroxylation is 3. The first kappa shape index (κ1) is 120. The van der Waals surface area contributed by atoms with Crippen molar-refractivity contribution in [2.45, 2.75) is 106 Å². The van der Waals surface area contributed by atoms with Crippen molar-refractivity contribution in [2.75, 3.05) is 61.0 Å². The number of nitrogens with zero attached hydrogens (tertiary/aromatic N) is 4. The number of aromatic carboxylic acids is 2. The fourth-order valence-electron chi connectivity index (χ4n) is 10.1. The van der Waals surface area contributed by atoms with Gasteiger partial charge in [-0.25, -0.2) is 55.1 Å². The third-order valence-electron chi connectivity index (χ3n) is 14.9. The van der Waals surface area contributed by atoms with E-state index in [0.29, 0.717) is 45.2 Å². The number of ether oxygens (including phenoxy) is 4. The standard InChI is InChI=1S/C23H30BrFN2O2Si.C14H26N2Si.C9H6Br3FO2.C9H6BrFO3.C9H8BrFO2.C8H6BrFO2.C8H7FO2.CCl4.CH3F.Ag.HNO3/c1-17(14-27(16-30(3,4)5)15-18-9-7-6-8-10-18)26-13-19-11-22(25)21(24)12-20(19)23(28)29-2;1-13(15)10-16(12-17(2,3)4)11-14-8-6-5-7-9-14;1-15-9(14)5-2-6(10)7(13)3-4(5)8(11)12;1-14-9(13)6-3-7(10)8(11)2-5(6)4-12;1-5-3-8(11)7(10)4-6(5)9(12)13-2;1-4-2-7(10)6(9)3-5(4)8(11)12;1-5-4-6(9)2-3-7(5)8(10)11;2-1(3,4)5;1-2;;2-1(3)4/h6-13,17H,14-16H2,1-5H3;5-9,13H,10-12,15H2,1-4H3;2-3,8H,1H3;2-4H,1H3;3-4H,1-2H3;2-3H,1H3,(H,11,12);2-4H,1H3,(H,10,11);;1H3;;(H,2,3,4)/t17-;13-;;;;;;;;;/m11........./s1/i;;;;;;;;1D;;. The number of carbonyl (C=O) groups excluding carboxylic acids is 5. The maximum atomic E-state index is 14.0. The Kier molecular flexibility index (Phi) is 60.6. The molecular formula is C82H93AgBr7Cl4F7N5O16Si2. The molecule has 8 aromatic rings. The Morgan fingerprint density at radius 2 is 0.847 bits per heavy atom. The molecule has 0 bridgehead atoms. The Morgan fingerprint density at radius 3 is 1.19 bits per heavy atom. The summed E-state index contributed by atoms with van der Waals surface area (Å²) in [4.78, 5) is 95.1. The quantitative estimate of drug-likeness (QED) is 0.00564. The van der Waals surface area contributed by atoms with E-state index >= 15 is 0 Å². The number of carbonyl (C=O) groups is 7. The number of benzene rings is 8. The molecule has 0 saturated heterocycles. The van der Waals surface area contributed by atoms with Crippen molar-refractivity contribution in [2.24, 2.45) is 10.7 Å². The van der Waals surface area contributed by atoms with Gasteiger partial charge in [0.1, 0.15) is 34.9 Å². The van der Waals surface area contributed by atoms with Gasteiger partial charge in [-0.2, -0.15) is 0 Å². The summed E-state index contributed by atoms with van der Waals surface area (Å²) in [5.74, 6) is -6.94. The number of carboxylic acids is 2. The van der Waals surface area contributed by atoms with Crippen LogP contribution in [0.2, 0.25) is 39.3 Å². The molecule has 0 heterocycles. The van der Waals surface area contributed by atoms with Crippen molar-refractivity contribution < 1.29 is 128 Å². The van der Waals surface area contributed by atoms with Gasteiger partial charge >= 0.3 is 35.8 Å². The van der Waals surface area contributed by atoms with Crippen molar-refractivity contribution in [3.05, 3.63) is 285 Å². The minimum Gasteiger partial charge on any atom is -0.478 e. The molecule has 0 spiro atoms. The molecule has 1 radical (unpaired) electrons. The summed E-state index contributed by atoms with van der Waals surface area (Å²) in [6.07, 6.45) is 4.24. The molecule has 0 fully saturated rings. The van der Waals surface area contributed by atoms with E-state index in [1.54, 1.807) is 27.0 Å². The molecule has 0 aliphatic carbocycles. The molecule has 0 aliphatic rings. The second kappa shape index (κ2) is 62.4. The Hall–Kier alpha value is -5.80. The number of esters is 4. The van der Waals surface area contributed by atoms with Gasteiger partial charge in [-0.15, -0.1) is 10.1 Å². The number of rotatable bonds is 22. The summed E-state index contributed by atoms with van der Waals surface area (Å²) in [6.45, 7) is 26.8. The molecule has 0 amide bonds. The third kappa shape index (κ3) is 52.0. The number of hydrogen-bond donors (Lipinski definition) is 4. The van der Waals surface area contributed by atoms with Crippen LogP contribution in [0.25, 0.3) is 0 Å².